The summed E-state index contributed by atoms with van der Waals surface area (Å²) in [6, 6.07) is 25.0. The maximum absolute atomic E-state index is 10.9. The monoisotopic (exact) mass is 447 g/mol. The van der Waals surface area contributed by atoms with E-state index in [1.165, 1.54) is 17.6 Å². The van der Waals surface area contributed by atoms with E-state index in [2.05, 4.69) is 41.2 Å². The number of nitrogens with zero attached hydrogens (tertiary/aromatic N) is 1. The van der Waals surface area contributed by atoms with Crippen molar-refractivity contribution in [2.75, 3.05) is 5.43 Å². The number of anilines is 1. The van der Waals surface area contributed by atoms with E-state index >= 15 is 0 Å². The summed E-state index contributed by atoms with van der Waals surface area (Å²) in [5.41, 5.74) is 15.2. The lowest BCUT2D eigenvalue weighted by Crippen LogP contribution is -2.15. The molecule has 3 aromatic carbocycles. The van der Waals surface area contributed by atoms with Crippen molar-refractivity contribution < 1.29 is 9.90 Å². The fraction of sp³-hybridized carbons (Fsp3) is 0.172. The summed E-state index contributed by atoms with van der Waals surface area (Å²) in [4.78, 5) is 10.9. The Bertz CT molecular complexity index is 1330. The van der Waals surface area contributed by atoms with Gasteiger partial charge < -0.3 is 10.5 Å². The van der Waals surface area contributed by atoms with E-state index in [1.807, 2.05) is 42.5 Å². The third-order valence-electron chi connectivity index (χ3n) is 6.67. The highest BCUT2D eigenvalue weighted by Gasteiger charge is 2.29. The number of aliphatic carboxylic acids is 1. The third kappa shape index (κ3) is 4.12. The number of hydrogen-bond acceptors (Lipinski definition) is 4. The van der Waals surface area contributed by atoms with Gasteiger partial charge in [0.2, 0.25) is 0 Å². The average Bonchev–Trinajstić information content (AvgIpc) is 3.31. The molecule has 0 atom stereocenters. The number of carboxylic acids is 1. The number of fused-ring (bicyclic) bond motifs is 1. The van der Waals surface area contributed by atoms with Crippen LogP contribution in [-0.2, 0) is 11.3 Å². The molecule has 0 amide bonds. The zero-order valence-corrected chi connectivity index (χ0v) is 18.7. The molecule has 0 unspecified atom stereocenters. The maximum atomic E-state index is 10.9. The fourth-order valence-corrected chi connectivity index (χ4v) is 4.80. The summed E-state index contributed by atoms with van der Waals surface area (Å²) in [6.45, 7) is 0.600. The minimum absolute atomic E-state index is 0.431. The first-order chi connectivity index (χ1) is 16.7. The SMILES string of the molecule is N#Cc1c(/C(=C(/c2ccccc2)C2CCC2)c2ccc(/C=C/C(=O)O)cc2)ccc2c1CNN2. The first-order valence-electron chi connectivity index (χ1n) is 11.5. The Balaban J connectivity index is 1.76. The van der Waals surface area contributed by atoms with Crippen LogP contribution in [0.15, 0.2) is 72.8 Å². The Hall–Kier alpha value is -4.14. The molecule has 2 aliphatic rings. The standard InChI is InChI=1S/C29H25N3O2/c30-17-24-23(14-15-26-25(24)18-31-32-26)29(22-12-9-19(10-13-22)11-16-27(33)34)28(21-7-4-8-21)20-5-2-1-3-6-20/h1-3,5-6,9-16,21,31-32H,4,7-8,18H2,(H,33,34)/b16-11+,29-28-. The lowest BCUT2D eigenvalue weighted by Gasteiger charge is -2.32. The molecule has 1 aliphatic heterocycles. The summed E-state index contributed by atoms with van der Waals surface area (Å²) in [5, 5.41) is 19.2. The fourth-order valence-electron chi connectivity index (χ4n) is 4.80. The van der Waals surface area contributed by atoms with Crippen LogP contribution in [0.1, 0.15) is 52.6 Å². The van der Waals surface area contributed by atoms with Gasteiger partial charge in [-0.2, -0.15) is 5.26 Å². The number of benzene rings is 3. The Morgan fingerprint density at radius 3 is 2.41 bits per heavy atom. The molecule has 0 radical (unpaired) electrons. The molecule has 5 heteroatoms. The van der Waals surface area contributed by atoms with Crippen LogP contribution in [0.5, 0.6) is 0 Å². The van der Waals surface area contributed by atoms with Crippen molar-refractivity contribution >= 4 is 28.9 Å². The van der Waals surface area contributed by atoms with Crippen molar-refractivity contribution in [3.63, 3.8) is 0 Å². The van der Waals surface area contributed by atoms with Gasteiger partial charge in [0.25, 0.3) is 0 Å². The molecule has 3 N–H and O–H groups in total. The highest BCUT2D eigenvalue weighted by Crippen LogP contribution is 2.46. The highest BCUT2D eigenvalue weighted by molar-refractivity contribution is 6.01. The lowest BCUT2D eigenvalue weighted by molar-refractivity contribution is -0.131. The maximum Gasteiger partial charge on any atom is 0.328 e. The number of nitrogens with one attached hydrogen (secondary N) is 2. The molecule has 3 aromatic rings. The van der Waals surface area contributed by atoms with E-state index in [0.29, 0.717) is 18.0 Å². The van der Waals surface area contributed by atoms with Crippen molar-refractivity contribution in [2.24, 2.45) is 5.92 Å². The zero-order chi connectivity index (χ0) is 23.5. The molecule has 1 fully saturated rings. The van der Waals surface area contributed by atoms with Gasteiger partial charge in [-0.05, 0) is 58.7 Å². The molecule has 0 aromatic heterocycles. The number of rotatable bonds is 6. The van der Waals surface area contributed by atoms with Crippen LogP contribution in [0.25, 0.3) is 17.2 Å². The molecule has 0 spiro atoms. The lowest BCUT2D eigenvalue weighted by atomic mass is 9.72. The number of nitriles is 1. The van der Waals surface area contributed by atoms with E-state index in [4.69, 9.17) is 5.11 Å². The van der Waals surface area contributed by atoms with E-state index in [0.717, 1.165) is 52.4 Å². The predicted octanol–water partition coefficient (Wildman–Crippen LogP) is 5.85. The van der Waals surface area contributed by atoms with Crippen molar-refractivity contribution in [1.29, 1.82) is 5.26 Å². The summed E-state index contributed by atoms with van der Waals surface area (Å²) in [5.74, 6) is -0.542. The van der Waals surface area contributed by atoms with Gasteiger partial charge in [-0.15, -0.1) is 0 Å². The molecule has 34 heavy (non-hydrogen) atoms. The van der Waals surface area contributed by atoms with Gasteiger partial charge in [0.1, 0.15) is 6.07 Å². The topological polar surface area (TPSA) is 85.2 Å². The minimum atomic E-state index is -0.972. The van der Waals surface area contributed by atoms with Crippen LogP contribution in [0, 0.1) is 17.2 Å². The van der Waals surface area contributed by atoms with Crippen molar-refractivity contribution in [2.45, 2.75) is 25.8 Å². The molecule has 1 heterocycles. The summed E-state index contributed by atoms with van der Waals surface area (Å²) >= 11 is 0. The predicted molar refractivity (Wildman–Crippen MR) is 134 cm³/mol. The second-order valence-electron chi connectivity index (χ2n) is 8.68. The van der Waals surface area contributed by atoms with E-state index in [9.17, 15) is 10.1 Å². The molecular formula is C29H25N3O2. The van der Waals surface area contributed by atoms with Crippen LogP contribution < -0.4 is 10.9 Å². The van der Waals surface area contributed by atoms with Crippen LogP contribution >= 0.6 is 0 Å². The molecule has 5 rings (SSSR count). The summed E-state index contributed by atoms with van der Waals surface area (Å²) in [7, 11) is 0. The second-order valence-corrected chi connectivity index (χ2v) is 8.68. The molecule has 0 saturated heterocycles. The number of carbonyl (C=O) groups is 1. The normalized spacial score (nSPS) is 15.7. The number of carboxylic acid groups (broad SMARTS) is 1. The molecule has 1 aliphatic carbocycles. The second kappa shape index (κ2) is 9.38. The van der Waals surface area contributed by atoms with Gasteiger partial charge in [-0.25, -0.2) is 10.2 Å². The van der Waals surface area contributed by atoms with Gasteiger partial charge in [-0.3, -0.25) is 0 Å². The smallest absolute Gasteiger partial charge is 0.328 e. The summed E-state index contributed by atoms with van der Waals surface area (Å²) in [6.07, 6.45) is 6.19. The number of allylic oxidation sites excluding steroid dienone is 1. The van der Waals surface area contributed by atoms with E-state index in [-0.39, 0.29) is 0 Å². The van der Waals surface area contributed by atoms with Crippen molar-refractivity contribution in [3.05, 3.63) is 106 Å². The third-order valence-corrected chi connectivity index (χ3v) is 6.67. The quantitative estimate of drug-likeness (QED) is 0.326. The van der Waals surface area contributed by atoms with Gasteiger partial charge >= 0.3 is 5.97 Å². The van der Waals surface area contributed by atoms with Crippen LogP contribution in [0.2, 0.25) is 0 Å². The van der Waals surface area contributed by atoms with Gasteiger partial charge in [0.05, 0.1) is 11.3 Å². The molecule has 0 bridgehead atoms. The Morgan fingerprint density at radius 1 is 1.00 bits per heavy atom. The van der Waals surface area contributed by atoms with E-state index in [1.54, 1.807) is 6.08 Å². The minimum Gasteiger partial charge on any atom is -0.478 e. The summed E-state index contributed by atoms with van der Waals surface area (Å²) < 4.78 is 0. The average molecular weight is 448 g/mol. The van der Waals surface area contributed by atoms with Gasteiger partial charge in [-0.1, -0.05) is 67.1 Å². The molecule has 168 valence electrons. The largest absolute Gasteiger partial charge is 0.478 e. The van der Waals surface area contributed by atoms with Crippen LogP contribution in [-0.4, -0.2) is 11.1 Å². The molecular weight excluding hydrogens is 422 g/mol. The Morgan fingerprint density at radius 2 is 1.76 bits per heavy atom. The van der Waals surface area contributed by atoms with Gasteiger partial charge in [0.15, 0.2) is 0 Å². The number of hydrazine groups is 1. The first kappa shape index (κ1) is 21.7. The van der Waals surface area contributed by atoms with Crippen LogP contribution in [0.4, 0.5) is 5.69 Å². The molecule has 1 saturated carbocycles. The first-order valence-corrected chi connectivity index (χ1v) is 11.5. The highest BCUT2D eigenvalue weighted by atomic mass is 16.4. The van der Waals surface area contributed by atoms with Crippen molar-refractivity contribution in [3.8, 4) is 6.07 Å². The van der Waals surface area contributed by atoms with Crippen LogP contribution in [0.3, 0.4) is 0 Å². The van der Waals surface area contributed by atoms with E-state index < -0.39 is 5.97 Å². The Kier molecular flexibility index (Phi) is 5.99. The molecule has 5 nitrogen and oxygen atoms in total. The zero-order valence-electron chi connectivity index (χ0n) is 18.7. The number of hydrogen-bond donors (Lipinski definition) is 3. The van der Waals surface area contributed by atoms with Gasteiger partial charge in [0, 0.05) is 23.7 Å². The Labute approximate surface area is 199 Å². The van der Waals surface area contributed by atoms with Crippen molar-refractivity contribution in [1.82, 2.24) is 5.43 Å².